The van der Waals surface area contributed by atoms with Crippen molar-refractivity contribution in [3.63, 3.8) is 0 Å². The third kappa shape index (κ3) is 8.01. The average Bonchev–Trinajstić information content (AvgIpc) is 3.15. The van der Waals surface area contributed by atoms with Crippen molar-refractivity contribution in [2.24, 2.45) is 11.8 Å². The zero-order valence-electron chi connectivity index (χ0n) is 20.6. The Morgan fingerprint density at radius 1 is 1.29 bits per heavy atom. The Kier molecular flexibility index (Phi) is 9.50. The molecule has 0 saturated carbocycles. The third-order valence-electron chi connectivity index (χ3n) is 5.99. The minimum Gasteiger partial charge on any atom is -0.449 e. The van der Waals surface area contributed by atoms with Gasteiger partial charge in [0, 0.05) is 22.9 Å². The summed E-state index contributed by atoms with van der Waals surface area (Å²) in [5.74, 6) is -0.856. The van der Waals surface area contributed by atoms with Crippen molar-refractivity contribution < 1.29 is 23.9 Å². The van der Waals surface area contributed by atoms with Crippen molar-refractivity contribution in [3.8, 4) is 0 Å². The van der Waals surface area contributed by atoms with Crippen molar-refractivity contribution in [2.75, 3.05) is 13.2 Å². The molecule has 1 fully saturated rings. The van der Waals surface area contributed by atoms with Gasteiger partial charge in [-0.3, -0.25) is 9.59 Å². The lowest BCUT2D eigenvalue weighted by atomic mass is 9.86. The first kappa shape index (κ1) is 27.6. The van der Waals surface area contributed by atoms with Crippen LogP contribution in [0.2, 0.25) is 5.02 Å². The minimum absolute atomic E-state index is 0.0814. The highest BCUT2D eigenvalue weighted by Gasteiger charge is 2.37. The summed E-state index contributed by atoms with van der Waals surface area (Å²) in [6, 6.07) is 6.45. The maximum absolute atomic E-state index is 13.0. The fourth-order valence-corrected chi connectivity index (χ4v) is 4.16. The molecule has 0 aliphatic carbocycles. The van der Waals surface area contributed by atoms with Crippen molar-refractivity contribution in [1.82, 2.24) is 16.0 Å². The minimum atomic E-state index is -1.22. The largest absolute Gasteiger partial charge is 0.449 e. The molecule has 3 amide bonds. The topological polar surface area (TPSA) is 114 Å². The van der Waals surface area contributed by atoms with Crippen molar-refractivity contribution >= 4 is 35.8 Å². The Labute approximate surface area is 206 Å². The van der Waals surface area contributed by atoms with Crippen LogP contribution in [-0.2, 0) is 24.5 Å². The van der Waals surface area contributed by atoms with E-state index in [1.807, 2.05) is 45.9 Å². The molecule has 1 heterocycles. The van der Waals surface area contributed by atoms with Crippen molar-refractivity contribution in [2.45, 2.75) is 70.9 Å². The standard InChI is InChI=1S/C25H36ClN3O5/c1-16(2)11-20(22(32)29-25(5,14-30)13-17-9-10-27-21(17)31)28-23(33)34-15-24(3,4)18-7-6-8-19(26)12-18/h6-8,12,14,16-17,20H,9-11,13,15H2,1-5H3,(H,27,31)(H,28,33)(H,29,32). The van der Waals surface area contributed by atoms with Gasteiger partial charge in [0.1, 0.15) is 18.9 Å². The van der Waals surface area contributed by atoms with E-state index in [1.165, 1.54) is 0 Å². The summed E-state index contributed by atoms with van der Waals surface area (Å²) in [7, 11) is 0. The van der Waals surface area contributed by atoms with E-state index in [1.54, 1.807) is 13.0 Å². The number of ether oxygens (including phenoxy) is 1. The number of aldehydes is 1. The molecule has 1 aliphatic heterocycles. The molecule has 0 radical (unpaired) electrons. The maximum atomic E-state index is 13.0. The number of amides is 3. The lowest BCUT2D eigenvalue weighted by molar-refractivity contribution is -0.130. The van der Waals surface area contributed by atoms with Crippen LogP contribution in [0.5, 0.6) is 0 Å². The lowest BCUT2D eigenvalue weighted by Gasteiger charge is -2.30. The number of nitrogens with one attached hydrogen (secondary N) is 3. The van der Waals surface area contributed by atoms with E-state index in [0.29, 0.717) is 30.7 Å². The number of halogens is 1. The van der Waals surface area contributed by atoms with Gasteiger partial charge in [0.15, 0.2) is 0 Å². The molecule has 3 atom stereocenters. The van der Waals surface area contributed by atoms with Gasteiger partial charge in [-0.1, -0.05) is 51.4 Å². The molecule has 8 nitrogen and oxygen atoms in total. The normalized spacial score (nSPS) is 18.6. The fraction of sp³-hybridized carbons (Fsp3) is 0.600. The molecular weight excluding hydrogens is 458 g/mol. The van der Waals surface area contributed by atoms with Gasteiger partial charge >= 0.3 is 6.09 Å². The fourth-order valence-electron chi connectivity index (χ4n) is 3.97. The average molecular weight is 494 g/mol. The Balaban J connectivity index is 2.01. The van der Waals surface area contributed by atoms with Crippen LogP contribution in [0.1, 0.15) is 59.4 Å². The van der Waals surface area contributed by atoms with Crippen LogP contribution in [-0.4, -0.2) is 48.9 Å². The predicted molar refractivity (Wildman–Crippen MR) is 131 cm³/mol. The van der Waals surface area contributed by atoms with E-state index in [0.717, 1.165) is 5.56 Å². The second-order valence-electron chi connectivity index (χ2n) is 10.3. The molecule has 1 aromatic carbocycles. The molecule has 34 heavy (non-hydrogen) atoms. The molecule has 188 valence electrons. The summed E-state index contributed by atoms with van der Waals surface area (Å²) >= 11 is 6.08. The van der Waals surface area contributed by atoms with Crippen LogP contribution in [0.15, 0.2) is 24.3 Å². The number of hydrogen-bond acceptors (Lipinski definition) is 5. The Bertz CT molecular complexity index is 904. The van der Waals surface area contributed by atoms with Gasteiger partial charge in [0.2, 0.25) is 11.8 Å². The van der Waals surface area contributed by atoms with Gasteiger partial charge < -0.3 is 25.5 Å². The molecule has 3 N–H and O–H groups in total. The van der Waals surface area contributed by atoms with Crippen LogP contribution in [0.3, 0.4) is 0 Å². The molecule has 1 aliphatic rings. The van der Waals surface area contributed by atoms with Crippen LogP contribution < -0.4 is 16.0 Å². The van der Waals surface area contributed by atoms with E-state index in [-0.39, 0.29) is 30.8 Å². The predicted octanol–water partition coefficient (Wildman–Crippen LogP) is 3.36. The highest BCUT2D eigenvalue weighted by Crippen LogP contribution is 2.26. The van der Waals surface area contributed by atoms with E-state index in [2.05, 4.69) is 16.0 Å². The molecule has 2 rings (SSSR count). The number of alkyl carbamates (subject to hydrolysis) is 1. The molecule has 0 bridgehead atoms. The molecular formula is C25H36ClN3O5. The van der Waals surface area contributed by atoms with E-state index in [4.69, 9.17) is 16.3 Å². The molecule has 1 saturated heterocycles. The Morgan fingerprint density at radius 3 is 2.56 bits per heavy atom. The van der Waals surface area contributed by atoms with Crippen LogP contribution in [0, 0.1) is 11.8 Å². The molecule has 0 spiro atoms. The highest BCUT2D eigenvalue weighted by molar-refractivity contribution is 6.30. The smallest absolute Gasteiger partial charge is 0.407 e. The summed E-state index contributed by atoms with van der Waals surface area (Å²) < 4.78 is 5.45. The zero-order valence-corrected chi connectivity index (χ0v) is 21.3. The first-order valence-corrected chi connectivity index (χ1v) is 12.0. The first-order valence-electron chi connectivity index (χ1n) is 11.6. The Hall–Kier alpha value is -2.61. The third-order valence-corrected chi connectivity index (χ3v) is 6.22. The second kappa shape index (κ2) is 11.7. The number of carbonyl (C=O) groups excluding carboxylic acids is 4. The summed E-state index contributed by atoms with van der Waals surface area (Å²) in [6.45, 7) is 9.94. The van der Waals surface area contributed by atoms with Crippen LogP contribution in [0.25, 0.3) is 0 Å². The quantitative estimate of drug-likeness (QED) is 0.409. The van der Waals surface area contributed by atoms with Gasteiger partial charge in [-0.25, -0.2) is 4.79 Å². The maximum Gasteiger partial charge on any atom is 0.407 e. The lowest BCUT2D eigenvalue weighted by Crippen LogP contribution is -2.56. The van der Waals surface area contributed by atoms with Gasteiger partial charge in [-0.15, -0.1) is 0 Å². The van der Waals surface area contributed by atoms with Gasteiger partial charge in [-0.05, 0) is 49.8 Å². The molecule has 0 aromatic heterocycles. The molecule has 9 heteroatoms. The summed E-state index contributed by atoms with van der Waals surface area (Å²) in [6.07, 6.45) is 1.09. The summed E-state index contributed by atoms with van der Waals surface area (Å²) in [4.78, 5) is 49.4. The molecule has 1 aromatic rings. The van der Waals surface area contributed by atoms with Gasteiger partial charge in [0.05, 0.1) is 5.54 Å². The van der Waals surface area contributed by atoms with Crippen LogP contribution in [0.4, 0.5) is 4.79 Å². The monoisotopic (exact) mass is 493 g/mol. The van der Waals surface area contributed by atoms with Crippen LogP contribution >= 0.6 is 11.6 Å². The van der Waals surface area contributed by atoms with Gasteiger partial charge in [0.25, 0.3) is 0 Å². The highest BCUT2D eigenvalue weighted by atomic mass is 35.5. The zero-order chi connectivity index (χ0) is 25.5. The second-order valence-corrected chi connectivity index (χ2v) is 10.7. The van der Waals surface area contributed by atoms with Gasteiger partial charge in [-0.2, -0.15) is 0 Å². The number of carbonyl (C=O) groups is 4. The van der Waals surface area contributed by atoms with E-state index >= 15 is 0 Å². The number of rotatable bonds is 11. The summed E-state index contributed by atoms with van der Waals surface area (Å²) in [5, 5.41) is 8.70. The van der Waals surface area contributed by atoms with E-state index in [9.17, 15) is 19.2 Å². The van der Waals surface area contributed by atoms with E-state index < -0.39 is 29.0 Å². The van der Waals surface area contributed by atoms with Crippen molar-refractivity contribution in [1.29, 1.82) is 0 Å². The number of hydrogen-bond donors (Lipinski definition) is 3. The van der Waals surface area contributed by atoms with Crippen molar-refractivity contribution in [3.05, 3.63) is 34.9 Å². The SMILES string of the molecule is CC(C)CC(NC(=O)OCC(C)(C)c1cccc(Cl)c1)C(=O)NC(C)(C=O)CC1CCNC1=O. The molecule has 3 unspecified atom stereocenters. The summed E-state index contributed by atoms with van der Waals surface area (Å²) in [5.41, 5.74) is -0.795. The Morgan fingerprint density at radius 2 is 2.00 bits per heavy atom. The number of benzene rings is 1. The first-order chi connectivity index (χ1) is 15.8.